The molecule has 0 radical (unpaired) electrons. The molecule has 1 aromatic carbocycles. The summed E-state index contributed by atoms with van der Waals surface area (Å²) in [6.07, 6.45) is -2.66. The van der Waals surface area contributed by atoms with E-state index in [1.165, 1.54) is 7.11 Å². The number of halogens is 2. The molecular formula is C20H28Cl2O7. The molecule has 1 saturated heterocycles. The predicted molar refractivity (Wildman–Crippen MR) is 108 cm³/mol. The average Bonchev–Trinajstić information content (AvgIpc) is 2.66. The lowest BCUT2D eigenvalue weighted by atomic mass is 9.92. The smallest absolute Gasteiger partial charge is 0.349 e. The number of ether oxygens (including phenoxy) is 4. The monoisotopic (exact) mass is 450 g/mol. The summed E-state index contributed by atoms with van der Waals surface area (Å²) in [5, 5.41) is 20.9. The molecule has 0 amide bonds. The van der Waals surface area contributed by atoms with Crippen molar-refractivity contribution in [2.75, 3.05) is 13.7 Å². The summed E-state index contributed by atoms with van der Waals surface area (Å²) in [6.45, 7) is 4.69. The minimum atomic E-state index is -2.50. The van der Waals surface area contributed by atoms with Crippen LogP contribution in [0.2, 0.25) is 0 Å². The molecule has 0 bridgehead atoms. The van der Waals surface area contributed by atoms with Gasteiger partial charge < -0.3 is 29.2 Å². The maximum Gasteiger partial charge on any atom is 0.349 e. The lowest BCUT2D eigenvalue weighted by molar-refractivity contribution is -0.336. The number of methoxy groups -OCH3 is 1. The maximum absolute atomic E-state index is 12.6. The summed E-state index contributed by atoms with van der Waals surface area (Å²) in [5.74, 6) is -3.55. The van der Waals surface area contributed by atoms with Crippen LogP contribution in [-0.4, -0.2) is 63.9 Å². The van der Waals surface area contributed by atoms with Gasteiger partial charge in [-0.3, -0.25) is 0 Å². The molecular weight excluding hydrogens is 423 g/mol. The standard InChI is InChI=1S/C20H28Cl2O7/c1-18(2,3)29-17(24)19(21,22)20(25)16(26-4)10-14(15(11-23)28-20)27-12-13-8-6-5-7-9-13/h5-9,14-16,23,25H,10-12H2,1-4H3/t14-,15+,16+,20+/m0/s1. The zero-order chi connectivity index (χ0) is 21.9. The molecule has 0 spiro atoms. The first-order chi connectivity index (χ1) is 13.4. The van der Waals surface area contributed by atoms with Crippen molar-refractivity contribution >= 4 is 29.2 Å². The molecule has 1 aromatic rings. The summed E-state index contributed by atoms with van der Waals surface area (Å²) in [4.78, 5) is 12.6. The molecule has 1 heterocycles. The number of hydrogen-bond acceptors (Lipinski definition) is 7. The second-order valence-corrected chi connectivity index (χ2v) is 9.23. The summed E-state index contributed by atoms with van der Waals surface area (Å²) < 4.78 is 19.5. The van der Waals surface area contributed by atoms with Crippen LogP contribution in [0.4, 0.5) is 0 Å². The number of rotatable bonds is 7. The fourth-order valence-corrected chi connectivity index (χ4v) is 3.44. The van der Waals surface area contributed by atoms with Gasteiger partial charge in [-0.1, -0.05) is 53.5 Å². The molecule has 164 valence electrons. The molecule has 0 aromatic heterocycles. The molecule has 2 N–H and O–H groups in total. The van der Waals surface area contributed by atoms with Crippen LogP contribution in [0.25, 0.3) is 0 Å². The number of benzene rings is 1. The van der Waals surface area contributed by atoms with Crippen molar-refractivity contribution in [3.8, 4) is 0 Å². The van der Waals surface area contributed by atoms with Crippen molar-refractivity contribution in [1.82, 2.24) is 0 Å². The number of carbonyl (C=O) groups is 1. The van der Waals surface area contributed by atoms with Crippen LogP contribution in [0.15, 0.2) is 30.3 Å². The molecule has 7 nitrogen and oxygen atoms in total. The highest BCUT2D eigenvalue weighted by molar-refractivity contribution is 6.58. The van der Waals surface area contributed by atoms with E-state index < -0.39 is 46.6 Å². The first-order valence-electron chi connectivity index (χ1n) is 9.25. The third-order valence-electron chi connectivity index (χ3n) is 4.51. The summed E-state index contributed by atoms with van der Waals surface area (Å²) in [5.41, 5.74) is 0.0361. The maximum atomic E-state index is 12.6. The molecule has 0 saturated carbocycles. The van der Waals surface area contributed by atoms with Crippen LogP contribution >= 0.6 is 23.2 Å². The van der Waals surface area contributed by atoms with Gasteiger partial charge in [0.1, 0.15) is 17.8 Å². The quantitative estimate of drug-likeness (QED) is 0.486. The van der Waals surface area contributed by atoms with Gasteiger partial charge in [-0.2, -0.15) is 0 Å². The number of carbonyl (C=O) groups excluding carboxylic acids is 1. The Morgan fingerprint density at radius 1 is 1.28 bits per heavy atom. The van der Waals surface area contributed by atoms with Crippen LogP contribution in [-0.2, 0) is 30.3 Å². The van der Waals surface area contributed by atoms with E-state index in [-0.39, 0.29) is 13.0 Å². The zero-order valence-corrected chi connectivity index (χ0v) is 18.4. The van der Waals surface area contributed by atoms with Gasteiger partial charge in [-0.05, 0) is 26.3 Å². The van der Waals surface area contributed by atoms with Crippen LogP contribution in [0.1, 0.15) is 32.8 Å². The van der Waals surface area contributed by atoms with E-state index in [1.54, 1.807) is 20.8 Å². The van der Waals surface area contributed by atoms with E-state index in [2.05, 4.69) is 0 Å². The normalized spacial score (nSPS) is 28.2. The van der Waals surface area contributed by atoms with E-state index in [9.17, 15) is 15.0 Å². The number of aliphatic hydroxyl groups is 2. The van der Waals surface area contributed by atoms with Crippen molar-refractivity contribution in [1.29, 1.82) is 0 Å². The lowest BCUT2D eigenvalue weighted by Crippen LogP contribution is -2.68. The Balaban J connectivity index is 2.20. The van der Waals surface area contributed by atoms with E-state index >= 15 is 0 Å². The van der Waals surface area contributed by atoms with Gasteiger partial charge in [0.05, 0.1) is 19.3 Å². The van der Waals surface area contributed by atoms with Crippen molar-refractivity contribution < 1.29 is 34.0 Å². The lowest BCUT2D eigenvalue weighted by Gasteiger charge is -2.49. The van der Waals surface area contributed by atoms with Gasteiger partial charge in [0.2, 0.25) is 5.79 Å². The van der Waals surface area contributed by atoms with Crippen molar-refractivity contribution in [3.05, 3.63) is 35.9 Å². The molecule has 4 atom stereocenters. The summed E-state index contributed by atoms with van der Waals surface area (Å²) >= 11 is 12.5. The van der Waals surface area contributed by atoms with Gasteiger partial charge in [0.25, 0.3) is 4.33 Å². The third-order valence-corrected chi connectivity index (χ3v) is 5.36. The predicted octanol–water partition coefficient (Wildman–Crippen LogP) is 2.57. The largest absolute Gasteiger partial charge is 0.458 e. The van der Waals surface area contributed by atoms with Gasteiger partial charge in [-0.15, -0.1) is 0 Å². The number of aliphatic hydroxyl groups excluding tert-OH is 1. The Morgan fingerprint density at radius 3 is 2.41 bits per heavy atom. The highest BCUT2D eigenvalue weighted by Gasteiger charge is 2.65. The highest BCUT2D eigenvalue weighted by Crippen LogP contribution is 2.45. The van der Waals surface area contributed by atoms with E-state index in [4.69, 9.17) is 42.1 Å². The van der Waals surface area contributed by atoms with Crippen molar-refractivity contribution in [2.24, 2.45) is 0 Å². The van der Waals surface area contributed by atoms with E-state index in [0.29, 0.717) is 0 Å². The Labute approximate surface area is 180 Å². The SMILES string of the molecule is CO[C@@H]1C[C@H](OCc2ccccc2)[C@@H](CO)O[C@@]1(O)C(Cl)(Cl)C(=O)OC(C)(C)C. The third kappa shape index (κ3) is 5.61. The number of esters is 1. The molecule has 1 fully saturated rings. The Morgan fingerprint density at radius 2 is 1.90 bits per heavy atom. The molecule has 29 heavy (non-hydrogen) atoms. The minimum Gasteiger partial charge on any atom is -0.458 e. The second-order valence-electron chi connectivity index (χ2n) is 7.91. The number of hydrogen-bond donors (Lipinski definition) is 2. The summed E-state index contributed by atoms with van der Waals surface area (Å²) in [6, 6.07) is 9.45. The van der Waals surface area contributed by atoms with Crippen LogP contribution < -0.4 is 0 Å². The number of alkyl halides is 2. The molecule has 1 aliphatic rings. The van der Waals surface area contributed by atoms with Gasteiger partial charge in [0.15, 0.2) is 0 Å². The van der Waals surface area contributed by atoms with E-state index in [1.807, 2.05) is 30.3 Å². The Kier molecular flexibility index (Phi) is 7.95. The topological polar surface area (TPSA) is 94.5 Å². The minimum absolute atomic E-state index is 0.0784. The first kappa shape index (κ1) is 24.3. The van der Waals surface area contributed by atoms with Crippen LogP contribution in [0, 0.1) is 0 Å². The van der Waals surface area contributed by atoms with Crippen molar-refractivity contribution in [2.45, 2.75) is 67.8 Å². The fourth-order valence-electron chi connectivity index (χ4n) is 3.03. The highest BCUT2D eigenvalue weighted by atomic mass is 35.5. The van der Waals surface area contributed by atoms with Crippen LogP contribution in [0.5, 0.6) is 0 Å². The van der Waals surface area contributed by atoms with E-state index in [0.717, 1.165) is 5.56 Å². The molecule has 9 heteroatoms. The Bertz CT molecular complexity index is 677. The first-order valence-corrected chi connectivity index (χ1v) is 10.0. The molecule has 2 rings (SSSR count). The molecule has 0 unspecified atom stereocenters. The average molecular weight is 451 g/mol. The van der Waals surface area contributed by atoms with Gasteiger partial charge in [-0.25, -0.2) is 4.79 Å². The van der Waals surface area contributed by atoms with Gasteiger partial charge >= 0.3 is 5.97 Å². The zero-order valence-electron chi connectivity index (χ0n) is 16.9. The molecule has 1 aliphatic heterocycles. The molecule has 0 aliphatic carbocycles. The van der Waals surface area contributed by atoms with Crippen LogP contribution in [0.3, 0.4) is 0 Å². The van der Waals surface area contributed by atoms with Crippen molar-refractivity contribution in [3.63, 3.8) is 0 Å². The van der Waals surface area contributed by atoms with Gasteiger partial charge in [0, 0.05) is 13.5 Å². The second kappa shape index (κ2) is 9.47. The fraction of sp³-hybridized carbons (Fsp3) is 0.650. The summed E-state index contributed by atoms with van der Waals surface area (Å²) in [7, 11) is 1.32. The Hall–Kier alpha value is -0.930.